The Kier molecular flexibility index (Phi) is 2.11. The van der Waals surface area contributed by atoms with E-state index >= 15 is 0 Å². The average Bonchev–Trinajstić information content (AvgIpc) is 2.35. The van der Waals surface area contributed by atoms with Gasteiger partial charge in [0.05, 0.1) is 5.52 Å². The highest BCUT2D eigenvalue weighted by Gasteiger charge is 2.03. The van der Waals surface area contributed by atoms with Crippen LogP contribution in [0, 0.1) is 5.82 Å². The van der Waals surface area contributed by atoms with Gasteiger partial charge < -0.3 is 5.32 Å². The molecule has 0 unspecified atom stereocenters. The summed E-state index contributed by atoms with van der Waals surface area (Å²) in [4.78, 5) is 12.7. The Balaban J connectivity index is 2.35. The summed E-state index contributed by atoms with van der Waals surface area (Å²) >= 11 is 0. The van der Waals surface area contributed by atoms with Gasteiger partial charge >= 0.3 is 0 Å². The third-order valence-electron chi connectivity index (χ3n) is 2.55. The molecule has 3 rings (SSSR count). The monoisotopic (exact) mass is 228 g/mol. The van der Waals surface area contributed by atoms with E-state index in [0.717, 1.165) is 16.3 Å². The number of halogens is 1. The first-order chi connectivity index (χ1) is 8.26. The molecule has 0 saturated heterocycles. The van der Waals surface area contributed by atoms with Gasteiger partial charge in [-0.25, -0.2) is 14.4 Å². The molecule has 0 bridgehead atoms. The molecule has 0 spiro atoms. The van der Waals surface area contributed by atoms with E-state index in [0.29, 0.717) is 11.6 Å². The number of rotatable bonds is 1. The quantitative estimate of drug-likeness (QED) is 0.649. The Morgan fingerprint density at radius 1 is 1.12 bits per heavy atom. The highest BCUT2D eigenvalue weighted by molar-refractivity contribution is 5.90. The van der Waals surface area contributed by atoms with E-state index in [1.54, 1.807) is 19.3 Å². The predicted molar refractivity (Wildman–Crippen MR) is 64.3 cm³/mol. The van der Waals surface area contributed by atoms with Gasteiger partial charge in [-0.1, -0.05) is 0 Å². The summed E-state index contributed by atoms with van der Waals surface area (Å²) < 4.78 is 13.1. The standard InChI is InChI=1S/C12H9FN4/c1-14-12-15-6-8-4-7-5-9(13)2-3-10(7)16-11(8)17-12/h2-6H,1H3,(H,14,15,16,17). The van der Waals surface area contributed by atoms with Crippen LogP contribution in [0.3, 0.4) is 0 Å². The van der Waals surface area contributed by atoms with Gasteiger partial charge in [-0.05, 0) is 24.3 Å². The highest BCUT2D eigenvalue weighted by atomic mass is 19.1. The van der Waals surface area contributed by atoms with Crippen LogP contribution in [0.2, 0.25) is 0 Å². The maximum absolute atomic E-state index is 13.1. The lowest BCUT2D eigenvalue weighted by molar-refractivity contribution is 0.629. The number of pyridine rings is 1. The molecule has 2 aromatic heterocycles. The second-order valence-electron chi connectivity index (χ2n) is 3.68. The van der Waals surface area contributed by atoms with Gasteiger partial charge in [0.1, 0.15) is 5.82 Å². The number of anilines is 1. The van der Waals surface area contributed by atoms with Crippen LogP contribution in [-0.2, 0) is 0 Å². The lowest BCUT2D eigenvalue weighted by Crippen LogP contribution is -1.97. The van der Waals surface area contributed by atoms with Crippen molar-refractivity contribution in [1.82, 2.24) is 15.0 Å². The zero-order valence-corrected chi connectivity index (χ0v) is 9.11. The third-order valence-corrected chi connectivity index (χ3v) is 2.55. The molecular formula is C12H9FN4. The minimum absolute atomic E-state index is 0.272. The smallest absolute Gasteiger partial charge is 0.224 e. The molecule has 0 saturated carbocycles. The van der Waals surface area contributed by atoms with Gasteiger partial charge in [-0.3, -0.25) is 0 Å². The van der Waals surface area contributed by atoms with E-state index in [4.69, 9.17) is 0 Å². The van der Waals surface area contributed by atoms with Crippen LogP contribution in [-0.4, -0.2) is 22.0 Å². The largest absolute Gasteiger partial charge is 0.357 e. The summed E-state index contributed by atoms with van der Waals surface area (Å²) in [5.41, 5.74) is 1.32. The summed E-state index contributed by atoms with van der Waals surface area (Å²) in [5, 5.41) is 4.40. The first-order valence-corrected chi connectivity index (χ1v) is 5.17. The first kappa shape index (κ1) is 9.89. The molecule has 0 aliphatic rings. The zero-order valence-electron chi connectivity index (χ0n) is 9.11. The maximum atomic E-state index is 13.1. The molecule has 0 aliphatic carbocycles. The number of hydrogen-bond donors (Lipinski definition) is 1. The van der Waals surface area contributed by atoms with Crippen LogP contribution in [0.15, 0.2) is 30.5 Å². The third kappa shape index (κ3) is 1.65. The number of nitrogens with zero attached hydrogens (tertiary/aromatic N) is 3. The molecule has 4 nitrogen and oxygen atoms in total. The normalized spacial score (nSPS) is 10.9. The van der Waals surface area contributed by atoms with Gasteiger partial charge in [0, 0.05) is 24.0 Å². The highest BCUT2D eigenvalue weighted by Crippen LogP contribution is 2.19. The van der Waals surface area contributed by atoms with Crippen molar-refractivity contribution in [3.63, 3.8) is 0 Å². The Hall–Kier alpha value is -2.30. The van der Waals surface area contributed by atoms with Crippen LogP contribution in [0.5, 0.6) is 0 Å². The van der Waals surface area contributed by atoms with Gasteiger partial charge in [0.25, 0.3) is 0 Å². The molecule has 1 N–H and O–H groups in total. The van der Waals surface area contributed by atoms with Crippen molar-refractivity contribution in [2.45, 2.75) is 0 Å². The van der Waals surface area contributed by atoms with E-state index in [1.165, 1.54) is 12.1 Å². The van der Waals surface area contributed by atoms with Crippen LogP contribution in [0.4, 0.5) is 10.3 Å². The molecule has 0 amide bonds. The van der Waals surface area contributed by atoms with E-state index < -0.39 is 0 Å². The molecule has 17 heavy (non-hydrogen) atoms. The molecule has 84 valence electrons. The predicted octanol–water partition coefficient (Wildman–Crippen LogP) is 2.36. The summed E-state index contributed by atoms with van der Waals surface area (Å²) in [6, 6.07) is 6.32. The van der Waals surface area contributed by atoms with E-state index in [9.17, 15) is 4.39 Å². The van der Waals surface area contributed by atoms with Gasteiger partial charge in [-0.2, -0.15) is 4.98 Å². The molecular weight excluding hydrogens is 219 g/mol. The van der Waals surface area contributed by atoms with Crippen molar-refractivity contribution in [2.75, 3.05) is 12.4 Å². The van der Waals surface area contributed by atoms with Crippen LogP contribution in [0.25, 0.3) is 21.9 Å². The number of aromatic nitrogens is 3. The molecule has 5 heteroatoms. The van der Waals surface area contributed by atoms with Gasteiger partial charge in [-0.15, -0.1) is 0 Å². The first-order valence-electron chi connectivity index (χ1n) is 5.17. The molecule has 3 aromatic rings. The fraction of sp³-hybridized carbons (Fsp3) is 0.0833. The Bertz CT molecular complexity index is 711. The lowest BCUT2D eigenvalue weighted by Gasteiger charge is -2.02. The maximum Gasteiger partial charge on any atom is 0.224 e. The van der Waals surface area contributed by atoms with Crippen molar-refractivity contribution in [3.05, 3.63) is 36.3 Å². The Morgan fingerprint density at radius 3 is 2.82 bits per heavy atom. The Morgan fingerprint density at radius 2 is 2.00 bits per heavy atom. The number of fused-ring (bicyclic) bond motifs is 2. The van der Waals surface area contributed by atoms with E-state index in [2.05, 4.69) is 20.3 Å². The topological polar surface area (TPSA) is 50.7 Å². The molecule has 1 aromatic carbocycles. The van der Waals surface area contributed by atoms with Crippen LogP contribution in [0.1, 0.15) is 0 Å². The fourth-order valence-electron chi connectivity index (χ4n) is 1.72. The minimum atomic E-state index is -0.272. The number of benzene rings is 1. The molecule has 0 aliphatic heterocycles. The van der Waals surface area contributed by atoms with Crippen LogP contribution < -0.4 is 5.32 Å². The van der Waals surface area contributed by atoms with Crippen LogP contribution >= 0.6 is 0 Å². The summed E-state index contributed by atoms with van der Waals surface area (Å²) in [7, 11) is 1.75. The van der Waals surface area contributed by atoms with E-state index in [-0.39, 0.29) is 5.82 Å². The van der Waals surface area contributed by atoms with Crippen molar-refractivity contribution < 1.29 is 4.39 Å². The molecule has 0 atom stereocenters. The Labute approximate surface area is 96.5 Å². The molecule has 2 heterocycles. The summed E-state index contributed by atoms with van der Waals surface area (Å²) in [6.07, 6.45) is 1.67. The second kappa shape index (κ2) is 3.62. The van der Waals surface area contributed by atoms with Crippen molar-refractivity contribution in [1.29, 1.82) is 0 Å². The number of nitrogens with one attached hydrogen (secondary N) is 1. The summed E-state index contributed by atoms with van der Waals surface area (Å²) in [5.74, 6) is 0.248. The summed E-state index contributed by atoms with van der Waals surface area (Å²) in [6.45, 7) is 0. The van der Waals surface area contributed by atoms with E-state index in [1.807, 2.05) is 6.07 Å². The van der Waals surface area contributed by atoms with Gasteiger partial charge in [0.15, 0.2) is 5.65 Å². The number of hydrogen-bond acceptors (Lipinski definition) is 4. The minimum Gasteiger partial charge on any atom is -0.357 e. The van der Waals surface area contributed by atoms with Gasteiger partial charge in [0.2, 0.25) is 5.95 Å². The fourth-order valence-corrected chi connectivity index (χ4v) is 1.72. The zero-order chi connectivity index (χ0) is 11.8. The van der Waals surface area contributed by atoms with Crippen molar-refractivity contribution >= 4 is 27.9 Å². The molecule has 0 fully saturated rings. The lowest BCUT2D eigenvalue weighted by atomic mass is 10.2. The average molecular weight is 228 g/mol. The van der Waals surface area contributed by atoms with Crippen molar-refractivity contribution in [3.8, 4) is 0 Å². The second-order valence-corrected chi connectivity index (χ2v) is 3.68. The molecule has 0 radical (unpaired) electrons. The van der Waals surface area contributed by atoms with Crippen molar-refractivity contribution in [2.24, 2.45) is 0 Å². The SMILES string of the molecule is CNc1ncc2cc3cc(F)ccc3nc2n1.